The van der Waals surface area contributed by atoms with Gasteiger partial charge in [-0.05, 0) is 12.5 Å². The van der Waals surface area contributed by atoms with E-state index in [2.05, 4.69) is 9.97 Å². The van der Waals surface area contributed by atoms with Crippen LogP contribution in [0.15, 0.2) is 35.1 Å². The number of hydrogen-bond donors (Lipinski definition) is 1. The standard InChI is InChI=1S/C14H11ClN2OS/c1-8-11(9-5-3-2-4-6-9)12-13(18)16-10(7-15)17-14(12)19-8/h2-6H,7H2,1H3,(H,16,17,18). The maximum atomic E-state index is 12.2. The fourth-order valence-electron chi connectivity index (χ4n) is 2.18. The number of aromatic amines is 1. The molecule has 3 aromatic rings. The average molecular weight is 291 g/mol. The molecule has 3 nitrogen and oxygen atoms in total. The highest BCUT2D eigenvalue weighted by Crippen LogP contribution is 2.35. The summed E-state index contributed by atoms with van der Waals surface area (Å²) < 4.78 is 0. The van der Waals surface area contributed by atoms with Crippen molar-refractivity contribution >= 4 is 33.2 Å². The summed E-state index contributed by atoms with van der Waals surface area (Å²) in [5, 5.41) is 0.655. The summed E-state index contributed by atoms with van der Waals surface area (Å²) in [6, 6.07) is 9.90. The number of rotatable bonds is 2. The van der Waals surface area contributed by atoms with Crippen molar-refractivity contribution in [2.45, 2.75) is 12.8 Å². The maximum absolute atomic E-state index is 12.2. The van der Waals surface area contributed by atoms with Crippen molar-refractivity contribution in [1.29, 1.82) is 0 Å². The number of benzene rings is 1. The zero-order valence-electron chi connectivity index (χ0n) is 10.2. The lowest BCUT2D eigenvalue weighted by Gasteiger charge is -2.01. The molecule has 2 heterocycles. The van der Waals surface area contributed by atoms with E-state index in [4.69, 9.17) is 11.6 Å². The molecule has 0 saturated heterocycles. The van der Waals surface area contributed by atoms with E-state index in [1.165, 1.54) is 11.3 Å². The topological polar surface area (TPSA) is 45.8 Å². The van der Waals surface area contributed by atoms with Crippen molar-refractivity contribution in [3.8, 4) is 11.1 Å². The molecule has 0 bridgehead atoms. The molecule has 0 radical (unpaired) electrons. The van der Waals surface area contributed by atoms with Gasteiger partial charge < -0.3 is 4.98 Å². The van der Waals surface area contributed by atoms with Gasteiger partial charge in [0.2, 0.25) is 0 Å². The highest BCUT2D eigenvalue weighted by molar-refractivity contribution is 7.19. The van der Waals surface area contributed by atoms with Crippen molar-refractivity contribution in [2.75, 3.05) is 0 Å². The highest BCUT2D eigenvalue weighted by atomic mass is 35.5. The Kier molecular flexibility index (Phi) is 3.12. The van der Waals surface area contributed by atoms with Gasteiger partial charge in [-0.2, -0.15) is 0 Å². The van der Waals surface area contributed by atoms with E-state index in [0.29, 0.717) is 11.2 Å². The average Bonchev–Trinajstić information content (AvgIpc) is 2.76. The van der Waals surface area contributed by atoms with Gasteiger partial charge in [-0.1, -0.05) is 30.3 Å². The van der Waals surface area contributed by atoms with Crippen LogP contribution >= 0.6 is 22.9 Å². The predicted octanol–water partition coefficient (Wildman–Crippen LogP) is 3.70. The molecular weight excluding hydrogens is 280 g/mol. The SMILES string of the molecule is Cc1sc2nc(CCl)[nH]c(=O)c2c1-c1ccccc1. The number of halogens is 1. The molecule has 0 aliphatic heterocycles. The largest absolute Gasteiger partial charge is 0.309 e. The van der Waals surface area contributed by atoms with E-state index in [-0.39, 0.29) is 11.4 Å². The Hall–Kier alpha value is -1.65. The van der Waals surface area contributed by atoms with Crippen LogP contribution in [0.2, 0.25) is 0 Å². The van der Waals surface area contributed by atoms with Gasteiger partial charge in [-0.15, -0.1) is 22.9 Å². The first-order valence-electron chi connectivity index (χ1n) is 5.84. The van der Waals surface area contributed by atoms with E-state index < -0.39 is 0 Å². The molecule has 19 heavy (non-hydrogen) atoms. The van der Waals surface area contributed by atoms with Crippen LogP contribution in [-0.2, 0) is 5.88 Å². The van der Waals surface area contributed by atoms with Crippen molar-refractivity contribution in [1.82, 2.24) is 9.97 Å². The van der Waals surface area contributed by atoms with E-state index in [0.717, 1.165) is 20.8 Å². The first kappa shape index (κ1) is 12.4. The summed E-state index contributed by atoms with van der Waals surface area (Å²) in [6.45, 7) is 2.01. The number of H-pyrrole nitrogens is 1. The number of nitrogens with one attached hydrogen (secondary N) is 1. The van der Waals surface area contributed by atoms with Gasteiger partial charge in [-0.3, -0.25) is 4.79 Å². The molecule has 1 aromatic carbocycles. The van der Waals surface area contributed by atoms with Crippen LogP contribution in [0.25, 0.3) is 21.3 Å². The Morgan fingerprint density at radius 2 is 2.05 bits per heavy atom. The zero-order chi connectivity index (χ0) is 13.4. The molecule has 0 amide bonds. The molecule has 2 aromatic heterocycles. The number of nitrogens with zero attached hydrogens (tertiary/aromatic N) is 1. The zero-order valence-corrected chi connectivity index (χ0v) is 11.8. The molecule has 0 spiro atoms. The molecule has 0 aliphatic carbocycles. The second-order valence-corrected chi connectivity index (χ2v) is 5.70. The van der Waals surface area contributed by atoms with Crippen LogP contribution in [0, 0.1) is 6.92 Å². The number of fused-ring (bicyclic) bond motifs is 1. The number of thiophene rings is 1. The van der Waals surface area contributed by atoms with Crippen LogP contribution in [0.1, 0.15) is 10.7 Å². The minimum atomic E-state index is -0.121. The third-order valence-electron chi connectivity index (χ3n) is 2.98. The molecule has 3 rings (SSSR count). The number of aromatic nitrogens is 2. The number of aryl methyl sites for hydroxylation is 1. The molecule has 0 atom stereocenters. The number of hydrogen-bond acceptors (Lipinski definition) is 3. The van der Waals surface area contributed by atoms with E-state index >= 15 is 0 Å². The first-order chi connectivity index (χ1) is 9.20. The monoisotopic (exact) mass is 290 g/mol. The summed E-state index contributed by atoms with van der Waals surface area (Å²) >= 11 is 7.26. The summed E-state index contributed by atoms with van der Waals surface area (Å²) in [5.74, 6) is 0.725. The van der Waals surface area contributed by atoms with Crippen molar-refractivity contribution < 1.29 is 0 Å². The maximum Gasteiger partial charge on any atom is 0.260 e. The van der Waals surface area contributed by atoms with Crippen LogP contribution in [0.5, 0.6) is 0 Å². The van der Waals surface area contributed by atoms with Crippen molar-refractivity contribution in [3.05, 3.63) is 51.4 Å². The lowest BCUT2D eigenvalue weighted by molar-refractivity contribution is 1.04. The smallest absolute Gasteiger partial charge is 0.260 e. The Morgan fingerprint density at radius 3 is 2.74 bits per heavy atom. The molecule has 0 unspecified atom stereocenters. The minimum Gasteiger partial charge on any atom is -0.309 e. The van der Waals surface area contributed by atoms with E-state index in [1.807, 2.05) is 37.3 Å². The van der Waals surface area contributed by atoms with Gasteiger partial charge in [0, 0.05) is 10.4 Å². The Morgan fingerprint density at radius 1 is 1.32 bits per heavy atom. The van der Waals surface area contributed by atoms with Gasteiger partial charge >= 0.3 is 0 Å². The molecular formula is C14H11ClN2OS. The lowest BCUT2D eigenvalue weighted by atomic mass is 10.0. The van der Waals surface area contributed by atoms with Gasteiger partial charge in [0.15, 0.2) is 0 Å². The van der Waals surface area contributed by atoms with Crippen molar-refractivity contribution in [3.63, 3.8) is 0 Å². The van der Waals surface area contributed by atoms with Crippen LogP contribution in [0.4, 0.5) is 0 Å². The molecule has 0 fully saturated rings. The Bertz CT molecular complexity index is 792. The van der Waals surface area contributed by atoms with Crippen LogP contribution < -0.4 is 5.56 Å². The second kappa shape index (κ2) is 4.79. The summed E-state index contributed by atoms with van der Waals surface area (Å²) in [4.78, 5) is 21.2. The van der Waals surface area contributed by atoms with Crippen LogP contribution in [0.3, 0.4) is 0 Å². The highest BCUT2D eigenvalue weighted by Gasteiger charge is 2.15. The molecule has 0 saturated carbocycles. The summed E-state index contributed by atoms with van der Waals surface area (Å²) in [5.41, 5.74) is 1.89. The van der Waals surface area contributed by atoms with Gasteiger partial charge in [0.1, 0.15) is 10.7 Å². The van der Waals surface area contributed by atoms with E-state index in [9.17, 15) is 4.79 Å². The minimum absolute atomic E-state index is 0.121. The van der Waals surface area contributed by atoms with Crippen LogP contribution in [-0.4, -0.2) is 9.97 Å². The van der Waals surface area contributed by atoms with Gasteiger partial charge in [0.25, 0.3) is 5.56 Å². The summed E-state index contributed by atoms with van der Waals surface area (Å²) in [6.07, 6.45) is 0. The lowest BCUT2D eigenvalue weighted by Crippen LogP contribution is -2.10. The first-order valence-corrected chi connectivity index (χ1v) is 7.19. The quantitative estimate of drug-likeness (QED) is 0.732. The fourth-order valence-corrected chi connectivity index (χ4v) is 3.37. The Labute approximate surface area is 118 Å². The normalized spacial score (nSPS) is 11.1. The van der Waals surface area contributed by atoms with Crippen molar-refractivity contribution in [2.24, 2.45) is 0 Å². The number of alkyl halides is 1. The summed E-state index contributed by atoms with van der Waals surface area (Å²) in [7, 11) is 0. The fraction of sp³-hybridized carbons (Fsp3) is 0.143. The van der Waals surface area contributed by atoms with Gasteiger partial charge in [-0.25, -0.2) is 4.98 Å². The molecule has 96 valence electrons. The Balaban J connectivity index is 2.38. The third kappa shape index (κ3) is 2.07. The molecule has 0 aliphatic rings. The van der Waals surface area contributed by atoms with Gasteiger partial charge in [0.05, 0.1) is 11.3 Å². The second-order valence-electron chi connectivity index (χ2n) is 4.23. The molecule has 5 heteroatoms. The van der Waals surface area contributed by atoms with E-state index in [1.54, 1.807) is 0 Å². The molecule has 1 N–H and O–H groups in total. The predicted molar refractivity (Wildman–Crippen MR) is 80.0 cm³/mol. The third-order valence-corrected chi connectivity index (χ3v) is 4.23.